The van der Waals surface area contributed by atoms with Crippen molar-refractivity contribution in [3.63, 3.8) is 0 Å². The molecule has 9 heteroatoms. The Bertz CT molecular complexity index is 1320. The second-order valence-corrected chi connectivity index (χ2v) is 8.79. The van der Waals surface area contributed by atoms with Gasteiger partial charge in [-0.2, -0.15) is 5.26 Å². The van der Waals surface area contributed by atoms with Gasteiger partial charge >= 0.3 is 0 Å². The van der Waals surface area contributed by atoms with E-state index in [2.05, 4.69) is 11.4 Å². The summed E-state index contributed by atoms with van der Waals surface area (Å²) in [5.74, 6) is 0.0945. The minimum atomic E-state index is -0.397. The molecule has 3 aromatic carbocycles. The Kier molecular flexibility index (Phi) is 8.71. The molecule has 1 N–H and O–H groups in total. The molecular weight excluding hydrogens is 518 g/mol. The van der Waals surface area contributed by atoms with Crippen LogP contribution in [0, 0.1) is 18.3 Å². The van der Waals surface area contributed by atoms with Crippen molar-refractivity contribution in [3.8, 4) is 17.6 Å². The molecule has 0 unspecified atom stereocenters. The zero-order chi connectivity index (χ0) is 24.8. The van der Waals surface area contributed by atoms with Gasteiger partial charge < -0.3 is 14.8 Å². The summed E-state index contributed by atoms with van der Waals surface area (Å²) in [4.78, 5) is 12.3. The Morgan fingerprint density at radius 1 is 1.03 bits per heavy atom. The summed E-state index contributed by atoms with van der Waals surface area (Å²) in [5.41, 5.74) is 2.86. The van der Waals surface area contributed by atoms with E-state index in [4.69, 9.17) is 55.9 Å². The summed E-state index contributed by atoms with van der Waals surface area (Å²) in [6.07, 6.45) is 1.61. The largest absolute Gasteiger partial charge is 0.493 e. The highest BCUT2D eigenvalue weighted by atomic mass is 35.5. The second kappa shape index (κ2) is 11.5. The van der Waals surface area contributed by atoms with E-state index in [0.717, 1.165) is 5.56 Å². The van der Waals surface area contributed by atoms with Gasteiger partial charge in [-0.15, -0.1) is 0 Å². The fourth-order valence-electron chi connectivity index (χ4n) is 3.01. The van der Waals surface area contributed by atoms with Crippen molar-refractivity contribution in [3.05, 3.63) is 85.3 Å². The van der Waals surface area contributed by atoms with Crippen LogP contribution in [0.3, 0.4) is 0 Å². The average Bonchev–Trinajstić information content (AvgIpc) is 2.79. The molecule has 0 saturated heterocycles. The van der Waals surface area contributed by atoms with E-state index in [1.54, 1.807) is 54.6 Å². The third kappa shape index (κ3) is 6.37. The number of carbonyl (C=O) groups excluding carboxylic acids is 1. The van der Waals surface area contributed by atoms with Gasteiger partial charge in [0, 0.05) is 21.3 Å². The first-order chi connectivity index (χ1) is 16.2. The monoisotopic (exact) mass is 534 g/mol. The molecule has 3 aromatic rings. The predicted octanol–water partition coefficient (Wildman–Crippen LogP) is 7.70. The number of rotatable bonds is 7. The summed E-state index contributed by atoms with van der Waals surface area (Å²) in [6, 6.07) is 15.4. The van der Waals surface area contributed by atoms with Crippen LogP contribution in [0.4, 0.5) is 5.69 Å². The summed E-state index contributed by atoms with van der Waals surface area (Å²) >= 11 is 24.7. The Balaban J connectivity index is 1.80. The average molecular weight is 536 g/mol. The third-order valence-electron chi connectivity index (χ3n) is 4.71. The number of methoxy groups -OCH3 is 1. The first-order valence-electron chi connectivity index (χ1n) is 9.85. The van der Waals surface area contributed by atoms with Gasteiger partial charge in [-0.05, 0) is 60.5 Å². The van der Waals surface area contributed by atoms with Crippen molar-refractivity contribution >= 4 is 69.6 Å². The van der Waals surface area contributed by atoms with E-state index in [9.17, 15) is 10.1 Å². The molecule has 0 fully saturated rings. The summed E-state index contributed by atoms with van der Waals surface area (Å²) in [5, 5.41) is 13.9. The van der Waals surface area contributed by atoms with Crippen molar-refractivity contribution < 1.29 is 14.3 Å². The molecule has 0 radical (unpaired) electrons. The number of nitrogens with one attached hydrogen (secondary N) is 1. The first kappa shape index (κ1) is 25.7. The van der Waals surface area contributed by atoms with Crippen molar-refractivity contribution in [1.29, 1.82) is 5.26 Å². The number of aryl methyl sites for hydroxylation is 1. The lowest BCUT2D eigenvalue weighted by Crippen LogP contribution is -2.20. The molecule has 1 amide bonds. The predicted molar refractivity (Wildman–Crippen MR) is 138 cm³/mol. The van der Waals surface area contributed by atoms with Crippen LogP contribution in [0.15, 0.2) is 48.5 Å². The minimum absolute atomic E-state index is 0.196. The van der Waals surface area contributed by atoms with Crippen LogP contribution in [-0.2, 0) is 4.79 Å². The number of halogens is 4. The fourth-order valence-corrected chi connectivity index (χ4v) is 3.98. The highest BCUT2D eigenvalue weighted by Gasteiger charge is 2.15. The number of ether oxygens (including phenoxy) is 2. The summed E-state index contributed by atoms with van der Waals surface area (Å²) in [7, 11) is 1.45. The maximum absolute atomic E-state index is 12.3. The number of nitrogens with zero attached hydrogens (tertiary/aromatic N) is 1. The van der Waals surface area contributed by atoms with Crippen LogP contribution in [-0.4, -0.2) is 19.6 Å². The molecule has 0 spiro atoms. The van der Waals surface area contributed by atoms with Gasteiger partial charge in [0.2, 0.25) is 0 Å². The molecule has 0 bridgehead atoms. The molecule has 0 heterocycles. The number of nitriles is 1. The molecule has 5 nitrogen and oxygen atoms in total. The van der Waals surface area contributed by atoms with Crippen LogP contribution < -0.4 is 14.8 Å². The number of benzene rings is 3. The lowest BCUT2D eigenvalue weighted by atomic mass is 10.0. The molecule has 0 aliphatic carbocycles. The van der Waals surface area contributed by atoms with E-state index in [-0.39, 0.29) is 17.4 Å². The molecule has 3 rings (SSSR count). The zero-order valence-electron chi connectivity index (χ0n) is 18.1. The normalized spacial score (nSPS) is 11.0. The zero-order valence-corrected chi connectivity index (χ0v) is 21.1. The number of allylic oxidation sites excluding steroid dienone is 1. The van der Waals surface area contributed by atoms with E-state index in [1.807, 2.05) is 6.92 Å². The summed E-state index contributed by atoms with van der Waals surface area (Å²) < 4.78 is 11.0. The maximum Gasteiger partial charge on any atom is 0.262 e. The molecule has 0 aromatic heterocycles. The van der Waals surface area contributed by atoms with Gasteiger partial charge in [0.05, 0.1) is 28.8 Å². The second-order valence-electron chi connectivity index (χ2n) is 7.13. The van der Waals surface area contributed by atoms with Gasteiger partial charge in [0.15, 0.2) is 18.1 Å². The number of carbonyl (C=O) groups is 1. The maximum atomic E-state index is 12.3. The molecule has 0 atom stereocenters. The van der Waals surface area contributed by atoms with Crippen LogP contribution in [0.1, 0.15) is 16.7 Å². The Morgan fingerprint density at radius 2 is 1.79 bits per heavy atom. The van der Waals surface area contributed by atoms with E-state index in [0.29, 0.717) is 43.2 Å². The van der Waals surface area contributed by atoms with Crippen LogP contribution in [0.5, 0.6) is 11.5 Å². The topological polar surface area (TPSA) is 71.3 Å². The molecule has 34 heavy (non-hydrogen) atoms. The van der Waals surface area contributed by atoms with Crippen molar-refractivity contribution in [2.24, 2.45) is 0 Å². The molecular formula is C25H18Cl4N2O3. The van der Waals surface area contributed by atoms with Crippen molar-refractivity contribution in [2.75, 3.05) is 19.0 Å². The van der Waals surface area contributed by atoms with Gasteiger partial charge in [0.25, 0.3) is 5.91 Å². The van der Waals surface area contributed by atoms with Gasteiger partial charge in [-0.25, -0.2) is 0 Å². The Labute approximate surface area is 217 Å². The van der Waals surface area contributed by atoms with Gasteiger partial charge in [0.1, 0.15) is 0 Å². The lowest BCUT2D eigenvalue weighted by Gasteiger charge is -2.14. The van der Waals surface area contributed by atoms with E-state index < -0.39 is 5.91 Å². The standard InChI is InChI=1S/C25H18Cl4N2O3/c1-14-3-5-18(11-20(14)27)31-24(32)13-34-25-22(29)8-15(9-23(25)33-2)7-16(12-30)19-6-4-17(26)10-21(19)28/h3-11H,13H2,1-2H3,(H,31,32)/b16-7+. The fraction of sp³-hybridized carbons (Fsp3) is 0.120. The number of hydrogen-bond acceptors (Lipinski definition) is 4. The SMILES string of the molecule is COc1cc(/C=C(\C#N)c2ccc(Cl)cc2Cl)cc(Cl)c1OCC(=O)Nc1ccc(C)c(Cl)c1. The Hall–Kier alpha value is -2.88. The minimum Gasteiger partial charge on any atom is -0.493 e. The Morgan fingerprint density at radius 3 is 2.44 bits per heavy atom. The molecule has 0 saturated carbocycles. The van der Waals surface area contributed by atoms with Crippen LogP contribution >= 0.6 is 46.4 Å². The number of amides is 1. The first-order valence-corrected chi connectivity index (χ1v) is 11.4. The lowest BCUT2D eigenvalue weighted by molar-refractivity contribution is -0.118. The third-order valence-corrected chi connectivity index (χ3v) is 5.94. The molecule has 174 valence electrons. The van der Waals surface area contributed by atoms with Crippen LogP contribution in [0.2, 0.25) is 20.1 Å². The van der Waals surface area contributed by atoms with Crippen molar-refractivity contribution in [2.45, 2.75) is 6.92 Å². The number of anilines is 1. The van der Waals surface area contributed by atoms with Gasteiger partial charge in [-0.1, -0.05) is 58.5 Å². The highest BCUT2D eigenvalue weighted by molar-refractivity contribution is 6.36. The summed E-state index contributed by atoms with van der Waals surface area (Å²) in [6.45, 7) is 1.56. The van der Waals surface area contributed by atoms with Crippen molar-refractivity contribution in [1.82, 2.24) is 0 Å². The molecule has 0 aliphatic heterocycles. The van der Waals surface area contributed by atoms with Gasteiger partial charge in [-0.3, -0.25) is 4.79 Å². The molecule has 0 aliphatic rings. The number of hydrogen-bond donors (Lipinski definition) is 1. The van der Waals surface area contributed by atoms with Crippen LogP contribution in [0.25, 0.3) is 11.6 Å². The quantitative estimate of drug-likeness (QED) is 0.248. The van der Waals surface area contributed by atoms with E-state index >= 15 is 0 Å². The highest BCUT2D eigenvalue weighted by Crippen LogP contribution is 2.38. The smallest absolute Gasteiger partial charge is 0.262 e. The van der Waals surface area contributed by atoms with E-state index in [1.165, 1.54) is 7.11 Å².